The fraction of sp³-hybridized carbons (Fsp3) is 0. The number of nitrogen functional groups attached to an aromatic ring is 1. The zero-order valence-electron chi connectivity index (χ0n) is 5.97. The van der Waals surface area contributed by atoms with Crippen molar-refractivity contribution < 1.29 is 0 Å². The molecule has 0 atom stereocenters. The zero-order chi connectivity index (χ0) is 8.72. The van der Waals surface area contributed by atoms with Crippen LogP contribution >= 0.6 is 49.9 Å². The van der Waals surface area contributed by atoms with E-state index in [1.807, 2.05) is 12.1 Å². The number of halogens is 2. The molecule has 2 aromatic rings. The second-order valence-electron chi connectivity index (χ2n) is 2.46. The average molecular weight is 354 g/mol. The van der Waals surface area contributed by atoms with E-state index in [-0.39, 0.29) is 0 Å². The summed E-state index contributed by atoms with van der Waals surface area (Å²) in [6.45, 7) is 0. The van der Waals surface area contributed by atoms with Gasteiger partial charge in [0.05, 0.1) is 0 Å². The summed E-state index contributed by atoms with van der Waals surface area (Å²) in [6, 6.07) is 3.95. The Morgan fingerprint density at radius 2 is 2.17 bits per heavy atom. The molecule has 0 fully saturated rings. The molecule has 0 unspecified atom stereocenters. The molecule has 1 heterocycles. The second kappa shape index (κ2) is 3.16. The maximum absolute atomic E-state index is 5.72. The zero-order valence-corrected chi connectivity index (χ0v) is 10.5. The van der Waals surface area contributed by atoms with Crippen LogP contribution < -0.4 is 5.73 Å². The van der Waals surface area contributed by atoms with E-state index in [0.717, 1.165) is 10.2 Å². The number of hydrogen-bond donors (Lipinski definition) is 1. The molecule has 0 spiro atoms. The molecule has 2 rings (SSSR count). The molecule has 0 radical (unpaired) electrons. The van der Waals surface area contributed by atoms with E-state index in [0.29, 0.717) is 0 Å². The average Bonchev–Trinajstić information content (AvgIpc) is 2.33. The van der Waals surface area contributed by atoms with Gasteiger partial charge in [-0.2, -0.15) is 0 Å². The normalized spacial score (nSPS) is 10.8. The number of hydrogen-bond acceptors (Lipinski definition) is 2. The molecule has 0 bridgehead atoms. The molecule has 0 aliphatic heterocycles. The van der Waals surface area contributed by atoms with Gasteiger partial charge in [0.25, 0.3) is 0 Å². The Labute approximate surface area is 96.2 Å². The fourth-order valence-corrected chi connectivity index (χ4v) is 3.65. The summed E-state index contributed by atoms with van der Waals surface area (Å²) in [5, 5.41) is 3.38. The van der Waals surface area contributed by atoms with Gasteiger partial charge in [-0.25, -0.2) is 0 Å². The molecule has 1 aromatic carbocycles. The first kappa shape index (κ1) is 8.77. The van der Waals surface area contributed by atoms with E-state index in [2.05, 4.69) is 43.9 Å². The van der Waals surface area contributed by atoms with Crippen LogP contribution in [0.15, 0.2) is 22.0 Å². The monoisotopic (exact) mass is 353 g/mol. The summed E-state index contributed by atoms with van der Waals surface area (Å²) >= 11 is 7.55. The molecule has 1 aromatic heterocycles. The van der Waals surface area contributed by atoms with Gasteiger partial charge in [-0.05, 0) is 50.7 Å². The first-order chi connectivity index (χ1) is 5.68. The van der Waals surface area contributed by atoms with Gasteiger partial charge in [0.1, 0.15) is 0 Å². The predicted octanol–water partition coefficient (Wildman–Crippen LogP) is 3.85. The second-order valence-corrected chi connectivity index (χ2v) is 5.36. The molecular formula is C8H5BrINS. The maximum Gasteiger partial charge on any atom is 0.0497 e. The van der Waals surface area contributed by atoms with Crippen LogP contribution in [-0.4, -0.2) is 0 Å². The van der Waals surface area contributed by atoms with E-state index in [4.69, 9.17) is 5.73 Å². The lowest BCUT2D eigenvalue weighted by Crippen LogP contribution is -1.83. The van der Waals surface area contributed by atoms with Gasteiger partial charge in [0.15, 0.2) is 0 Å². The first-order valence-electron chi connectivity index (χ1n) is 3.30. The molecule has 0 saturated heterocycles. The maximum atomic E-state index is 5.72. The smallest absolute Gasteiger partial charge is 0.0497 e. The number of benzene rings is 1. The summed E-state index contributed by atoms with van der Waals surface area (Å²) in [6.07, 6.45) is 0. The molecule has 0 amide bonds. The highest BCUT2D eigenvalue weighted by molar-refractivity contribution is 14.1. The number of anilines is 1. The van der Waals surface area contributed by atoms with Crippen molar-refractivity contribution >= 4 is 65.6 Å². The van der Waals surface area contributed by atoms with Crippen molar-refractivity contribution in [1.82, 2.24) is 0 Å². The molecule has 1 nitrogen and oxygen atoms in total. The third-order valence-electron chi connectivity index (χ3n) is 1.60. The minimum absolute atomic E-state index is 0.811. The van der Waals surface area contributed by atoms with Crippen molar-refractivity contribution in [2.24, 2.45) is 0 Å². The van der Waals surface area contributed by atoms with Crippen LogP contribution in [0.4, 0.5) is 5.69 Å². The molecule has 0 saturated carbocycles. The molecule has 4 heteroatoms. The summed E-state index contributed by atoms with van der Waals surface area (Å²) in [5.74, 6) is 0. The van der Waals surface area contributed by atoms with Crippen LogP contribution in [-0.2, 0) is 0 Å². The van der Waals surface area contributed by atoms with Gasteiger partial charge in [0, 0.05) is 29.2 Å². The summed E-state index contributed by atoms with van der Waals surface area (Å²) in [4.78, 5) is 0. The molecule has 62 valence electrons. The van der Waals surface area contributed by atoms with Crippen molar-refractivity contribution in [1.29, 1.82) is 0 Å². The van der Waals surface area contributed by atoms with Crippen molar-refractivity contribution in [2.45, 2.75) is 0 Å². The van der Waals surface area contributed by atoms with Gasteiger partial charge in [-0.15, -0.1) is 11.3 Å². The van der Waals surface area contributed by atoms with Crippen LogP contribution in [0.1, 0.15) is 0 Å². The molecule has 2 N–H and O–H groups in total. The van der Waals surface area contributed by atoms with Crippen LogP contribution in [0, 0.1) is 3.57 Å². The quantitative estimate of drug-likeness (QED) is 0.565. The minimum Gasteiger partial charge on any atom is -0.399 e. The van der Waals surface area contributed by atoms with E-state index in [1.165, 1.54) is 13.7 Å². The Morgan fingerprint density at radius 1 is 1.42 bits per heavy atom. The van der Waals surface area contributed by atoms with E-state index in [9.17, 15) is 0 Å². The van der Waals surface area contributed by atoms with E-state index < -0.39 is 0 Å². The van der Waals surface area contributed by atoms with Gasteiger partial charge < -0.3 is 5.73 Å². The first-order valence-corrected chi connectivity index (χ1v) is 6.05. The third-order valence-corrected chi connectivity index (χ3v) is 4.84. The Balaban J connectivity index is 2.92. The van der Waals surface area contributed by atoms with E-state index in [1.54, 1.807) is 11.3 Å². The van der Waals surface area contributed by atoms with Crippen LogP contribution in [0.25, 0.3) is 10.1 Å². The van der Waals surface area contributed by atoms with Crippen molar-refractivity contribution in [3.63, 3.8) is 0 Å². The molecule has 12 heavy (non-hydrogen) atoms. The highest BCUT2D eigenvalue weighted by Crippen LogP contribution is 2.34. The van der Waals surface area contributed by atoms with Crippen molar-refractivity contribution in [3.05, 3.63) is 25.6 Å². The van der Waals surface area contributed by atoms with Gasteiger partial charge >= 0.3 is 0 Å². The molecular weight excluding hydrogens is 349 g/mol. The molecule has 0 aliphatic rings. The Hall–Kier alpha value is 0.190. The highest BCUT2D eigenvalue weighted by atomic mass is 127. The van der Waals surface area contributed by atoms with Gasteiger partial charge in [-0.3, -0.25) is 0 Å². The highest BCUT2D eigenvalue weighted by Gasteiger charge is 2.05. The lowest BCUT2D eigenvalue weighted by Gasteiger charge is -1.97. The van der Waals surface area contributed by atoms with Gasteiger partial charge in [-0.1, -0.05) is 0 Å². The number of rotatable bonds is 0. The van der Waals surface area contributed by atoms with Gasteiger partial charge in [0.2, 0.25) is 0 Å². The number of fused-ring (bicyclic) bond motifs is 1. The lowest BCUT2D eigenvalue weighted by atomic mass is 10.2. The minimum atomic E-state index is 0.811. The fourth-order valence-electron chi connectivity index (χ4n) is 1.09. The van der Waals surface area contributed by atoms with E-state index >= 15 is 0 Å². The summed E-state index contributed by atoms with van der Waals surface area (Å²) in [5.41, 5.74) is 6.53. The summed E-state index contributed by atoms with van der Waals surface area (Å²) in [7, 11) is 0. The Bertz CT molecular complexity index is 438. The topological polar surface area (TPSA) is 26.0 Å². The predicted molar refractivity (Wildman–Crippen MR) is 66.7 cm³/mol. The number of thiophene rings is 1. The number of nitrogens with two attached hydrogens (primary N) is 1. The van der Waals surface area contributed by atoms with Crippen molar-refractivity contribution in [2.75, 3.05) is 5.73 Å². The largest absolute Gasteiger partial charge is 0.399 e. The SMILES string of the molecule is Nc1cc(Br)c2scc(I)c2c1. The molecule has 0 aliphatic carbocycles. The van der Waals surface area contributed by atoms with Crippen LogP contribution in [0.2, 0.25) is 0 Å². The summed E-state index contributed by atoms with van der Waals surface area (Å²) < 4.78 is 3.62. The standard InChI is InChI=1S/C8H5BrINS/c9-6-2-4(11)1-5-7(10)3-12-8(5)6/h1-3H,11H2. The lowest BCUT2D eigenvalue weighted by molar-refractivity contribution is 1.74. The van der Waals surface area contributed by atoms with Crippen LogP contribution in [0.5, 0.6) is 0 Å². The third kappa shape index (κ3) is 1.36. The Morgan fingerprint density at radius 3 is 2.92 bits per heavy atom. The van der Waals surface area contributed by atoms with Crippen LogP contribution in [0.3, 0.4) is 0 Å². The van der Waals surface area contributed by atoms with Crippen molar-refractivity contribution in [3.8, 4) is 0 Å². The Kier molecular flexibility index (Phi) is 2.31.